The van der Waals surface area contributed by atoms with Crippen molar-refractivity contribution in [2.75, 3.05) is 5.32 Å². The van der Waals surface area contributed by atoms with Crippen molar-refractivity contribution in [3.05, 3.63) is 48.5 Å². The number of fused-ring (bicyclic) bond motifs is 1. The summed E-state index contributed by atoms with van der Waals surface area (Å²) in [6, 6.07) is 14.9. The van der Waals surface area contributed by atoms with E-state index in [0.29, 0.717) is 23.2 Å². The Balaban J connectivity index is 1.82. The Labute approximate surface area is 151 Å². The number of aliphatic imine (C=N–C) groups is 2. The highest BCUT2D eigenvalue weighted by Gasteiger charge is 2.19. The molecule has 2 N–H and O–H groups in total. The molecule has 6 heteroatoms. The van der Waals surface area contributed by atoms with Crippen LogP contribution in [0.4, 0.5) is 5.82 Å². The van der Waals surface area contributed by atoms with Gasteiger partial charge in [0, 0.05) is 11.1 Å². The zero-order valence-electron chi connectivity index (χ0n) is 14.6. The molecule has 130 valence electrons. The van der Waals surface area contributed by atoms with E-state index in [2.05, 4.69) is 32.2 Å². The minimum Gasteiger partial charge on any atom is -0.507 e. The quantitative estimate of drug-likeness (QED) is 0.751. The number of phenolic OH excluding ortho intramolecular Hbond substituents is 1. The second-order valence-electron chi connectivity index (χ2n) is 6.19. The Bertz CT molecular complexity index is 1040. The number of nitrogens with one attached hydrogen (secondary N) is 1. The number of guanidine groups is 1. The molecular formula is C20H19N5O. The molecule has 6 nitrogen and oxygen atoms in total. The molecular weight excluding hydrogens is 326 g/mol. The lowest BCUT2D eigenvalue weighted by atomic mass is 10.1. The van der Waals surface area contributed by atoms with E-state index in [9.17, 15) is 5.11 Å². The van der Waals surface area contributed by atoms with Gasteiger partial charge in [0.2, 0.25) is 5.96 Å². The third-order valence-corrected chi connectivity index (χ3v) is 4.41. The Hall–Kier alpha value is -3.28. The van der Waals surface area contributed by atoms with Crippen molar-refractivity contribution in [3.8, 4) is 17.1 Å². The fourth-order valence-electron chi connectivity index (χ4n) is 3.02. The van der Waals surface area contributed by atoms with Gasteiger partial charge in [-0.1, -0.05) is 31.2 Å². The van der Waals surface area contributed by atoms with Crippen molar-refractivity contribution in [3.63, 3.8) is 0 Å². The van der Waals surface area contributed by atoms with E-state index in [1.165, 1.54) is 0 Å². The molecule has 26 heavy (non-hydrogen) atoms. The van der Waals surface area contributed by atoms with Crippen LogP contribution >= 0.6 is 0 Å². The summed E-state index contributed by atoms with van der Waals surface area (Å²) in [6.07, 6.45) is 0.911. The van der Waals surface area contributed by atoms with E-state index < -0.39 is 0 Å². The topological polar surface area (TPSA) is 82.8 Å². The fraction of sp³-hybridized carbons (Fsp3) is 0.200. The minimum absolute atomic E-state index is 0.114. The molecule has 0 bridgehead atoms. The van der Waals surface area contributed by atoms with E-state index in [4.69, 9.17) is 0 Å². The van der Waals surface area contributed by atoms with Gasteiger partial charge in [-0.2, -0.15) is 0 Å². The van der Waals surface area contributed by atoms with Crippen LogP contribution in [0.15, 0.2) is 58.5 Å². The van der Waals surface area contributed by atoms with Gasteiger partial charge < -0.3 is 10.4 Å². The molecule has 0 fully saturated rings. The van der Waals surface area contributed by atoms with Gasteiger partial charge in [-0.3, -0.25) is 0 Å². The monoisotopic (exact) mass is 345 g/mol. The average Bonchev–Trinajstić information content (AvgIpc) is 3.01. The maximum absolute atomic E-state index is 10.2. The van der Waals surface area contributed by atoms with E-state index in [1.54, 1.807) is 18.2 Å². The molecule has 0 saturated heterocycles. The van der Waals surface area contributed by atoms with Crippen molar-refractivity contribution in [2.24, 2.45) is 9.98 Å². The molecule has 2 heterocycles. The normalized spacial score (nSPS) is 16.5. The summed E-state index contributed by atoms with van der Waals surface area (Å²) in [6.45, 7) is 4.07. The first kappa shape index (κ1) is 16.2. The van der Waals surface area contributed by atoms with Crippen molar-refractivity contribution >= 4 is 28.4 Å². The molecule has 0 aliphatic carbocycles. The number of hydrogen-bond donors (Lipinski definition) is 2. The zero-order chi connectivity index (χ0) is 18.1. The first-order valence-electron chi connectivity index (χ1n) is 8.61. The molecule has 0 saturated carbocycles. The number of phenols is 1. The molecule has 1 aromatic heterocycles. The first-order valence-corrected chi connectivity index (χ1v) is 8.61. The van der Waals surface area contributed by atoms with Crippen molar-refractivity contribution in [1.29, 1.82) is 0 Å². The van der Waals surface area contributed by atoms with E-state index in [-0.39, 0.29) is 11.8 Å². The highest BCUT2D eigenvalue weighted by molar-refractivity contribution is 6.11. The summed E-state index contributed by atoms with van der Waals surface area (Å²) in [5.74, 6) is 1.78. The van der Waals surface area contributed by atoms with E-state index in [1.807, 2.05) is 37.3 Å². The molecule has 1 aliphatic heterocycles. The second-order valence-corrected chi connectivity index (χ2v) is 6.19. The number of benzene rings is 2. The number of para-hydroxylation sites is 2. The van der Waals surface area contributed by atoms with Crippen LogP contribution in [0.1, 0.15) is 20.3 Å². The standard InChI is InChI=1S/C20H19N5O/c1-3-15-12(2)21-20(23-15)25-18-13-8-4-6-10-16(13)22-19(24-18)14-9-5-7-11-17(14)26/h4-11,15,26H,3H2,1-2H3,(H,22,23,24,25). The van der Waals surface area contributed by atoms with Gasteiger partial charge in [-0.15, -0.1) is 0 Å². The smallest absolute Gasteiger partial charge is 0.224 e. The van der Waals surface area contributed by atoms with Gasteiger partial charge in [0.05, 0.1) is 17.1 Å². The lowest BCUT2D eigenvalue weighted by Crippen LogP contribution is -2.11. The van der Waals surface area contributed by atoms with Gasteiger partial charge in [0.15, 0.2) is 5.82 Å². The third kappa shape index (κ3) is 2.90. The van der Waals surface area contributed by atoms with Crippen LogP contribution in [0.2, 0.25) is 0 Å². The number of nitrogens with zero attached hydrogens (tertiary/aromatic N) is 4. The van der Waals surface area contributed by atoms with Crippen LogP contribution in [0, 0.1) is 0 Å². The zero-order valence-corrected chi connectivity index (χ0v) is 14.6. The second kappa shape index (κ2) is 6.55. The predicted octanol–water partition coefficient (Wildman–Crippen LogP) is 4.02. The number of hydrogen-bond acceptors (Lipinski definition) is 6. The lowest BCUT2D eigenvalue weighted by molar-refractivity contribution is 0.477. The van der Waals surface area contributed by atoms with Gasteiger partial charge in [-0.25, -0.2) is 20.0 Å². The summed E-state index contributed by atoms with van der Waals surface area (Å²) < 4.78 is 0. The van der Waals surface area contributed by atoms with Crippen LogP contribution in [-0.4, -0.2) is 32.8 Å². The van der Waals surface area contributed by atoms with Gasteiger partial charge in [-0.05, 0) is 37.6 Å². The fourth-order valence-corrected chi connectivity index (χ4v) is 3.02. The third-order valence-electron chi connectivity index (χ3n) is 4.41. The van der Waals surface area contributed by atoms with Crippen molar-refractivity contribution in [1.82, 2.24) is 9.97 Å². The number of anilines is 1. The summed E-state index contributed by atoms with van der Waals surface area (Å²) in [5, 5.41) is 14.3. The largest absolute Gasteiger partial charge is 0.507 e. The molecule has 0 spiro atoms. The Morgan fingerprint density at radius 1 is 1.04 bits per heavy atom. The highest BCUT2D eigenvalue weighted by Crippen LogP contribution is 2.30. The SMILES string of the molecule is CCC1N=C(Nc2nc(-c3ccccc3O)nc3ccccc23)N=C1C. The summed E-state index contributed by atoms with van der Waals surface area (Å²) >= 11 is 0. The summed E-state index contributed by atoms with van der Waals surface area (Å²) in [5.41, 5.74) is 2.37. The van der Waals surface area contributed by atoms with Crippen LogP contribution in [0.3, 0.4) is 0 Å². The lowest BCUT2D eigenvalue weighted by Gasteiger charge is -2.10. The molecule has 1 aliphatic rings. The molecule has 1 atom stereocenters. The van der Waals surface area contributed by atoms with Gasteiger partial charge in [0.25, 0.3) is 0 Å². The van der Waals surface area contributed by atoms with E-state index in [0.717, 1.165) is 23.0 Å². The molecule has 0 radical (unpaired) electrons. The minimum atomic E-state index is 0.114. The number of aromatic hydroxyl groups is 1. The molecule has 0 amide bonds. The first-order chi connectivity index (χ1) is 12.7. The Morgan fingerprint density at radius 3 is 2.58 bits per heavy atom. The van der Waals surface area contributed by atoms with Gasteiger partial charge in [0.1, 0.15) is 11.6 Å². The van der Waals surface area contributed by atoms with Crippen molar-refractivity contribution < 1.29 is 5.11 Å². The average molecular weight is 345 g/mol. The Kier molecular flexibility index (Phi) is 4.08. The van der Waals surface area contributed by atoms with E-state index >= 15 is 0 Å². The maximum Gasteiger partial charge on any atom is 0.224 e. The Morgan fingerprint density at radius 2 is 1.81 bits per heavy atom. The molecule has 2 aromatic carbocycles. The van der Waals surface area contributed by atoms with Crippen LogP contribution in [0.25, 0.3) is 22.3 Å². The number of aromatic nitrogens is 2. The summed E-state index contributed by atoms with van der Waals surface area (Å²) in [7, 11) is 0. The van der Waals surface area contributed by atoms with Crippen LogP contribution in [0.5, 0.6) is 5.75 Å². The summed E-state index contributed by atoms with van der Waals surface area (Å²) in [4.78, 5) is 18.4. The van der Waals surface area contributed by atoms with Crippen LogP contribution in [-0.2, 0) is 0 Å². The van der Waals surface area contributed by atoms with Crippen LogP contribution < -0.4 is 5.32 Å². The maximum atomic E-state index is 10.2. The molecule has 4 rings (SSSR count). The molecule has 3 aromatic rings. The predicted molar refractivity (Wildman–Crippen MR) is 105 cm³/mol. The molecule has 1 unspecified atom stereocenters. The van der Waals surface area contributed by atoms with Gasteiger partial charge >= 0.3 is 0 Å². The number of rotatable bonds is 3. The highest BCUT2D eigenvalue weighted by atomic mass is 16.3. The van der Waals surface area contributed by atoms with Crippen molar-refractivity contribution in [2.45, 2.75) is 26.3 Å².